The molecule has 0 aliphatic rings. The molecule has 0 amide bonds. The van der Waals surface area contributed by atoms with E-state index in [0.29, 0.717) is 25.5 Å². The molecule has 0 rings (SSSR count). The molecule has 0 aromatic rings. The van der Waals surface area contributed by atoms with Crippen LogP contribution in [-0.4, -0.2) is 44.0 Å². The zero-order chi connectivity index (χ0) is 10.8. The number of nitrogens with two attached hydrogens (primary N) is 1. The van der Waals surface area contributed by atoms with E-state index in [0.717, 1.165) is 13.0 Å². The van der Waals surface area contributed by atoms with E-state index in [4.69, 9.17) is 10.5 Å². The molecule has 0 aliphatic carbocycles. The predicted molar refractivity (Wildman–Crippen MR) is 57.3 cm³/mol. The van der Waals surface area contributed by atoms with Gasteiger partial charge in [-0.3, -0.25) is 4.99 Å². The molecule has 14 heavy (non-hydrogen) atoms. The summed E-state index contributed by atoms with van der Waals surface area (Å²) in [7, 11) is 1.56. The number of aliphatic imine (C=N–C) groups is 1. The summed E-state index contributed by atoms with van der Waals surface area (Å²) in [5.41, 5.74) is 5.55. The van der Waals surface area contributed by atoms with E-state index in [-0.39, 0.29) is 0 Å². The molecule has 0 aliphatic heterocycles. The average Bonchev–Trinajstić information content (AvgIpc) is 2.15. The maximum atomic E-state index is 9.29. The molecule has 1 unspecified atom stereocenters. The number of aliphatic hydroxyl groups is 1. The molecule has 84 valence electrons. The molecule has 0 aromatic carbocycles. The van der Waals surface area contributed by atoms with Crippen LogP contribution in [0, 0.1) is 0 Å². The molecular weight excluding hydrogens is 182 g/mol. The molecule has 0 spiro atoms. The Hall–Kier alpha value is -0.810. The Kier molecular flexibility index (Phi) is 8.27. The number of rotatable bonds is 7. The highest BCUT2D eigenvalue weighted by atomic mass is 16.5. The number of guanidine groups is 1. The number of aliphatic hydroxyl groups excluding tert-OH is 1. The highest BCUT2D eigenvalue weighted by Gasteiger charge is 2.02. The summed E-state index contributed by atoms with van der Waals surface area (Å²) in [5, 5.41) is 12.2. The van der Waals surface area contributed by atoms with Crippen LogP contribution in [0.25, 0.3) is 0 Å². The van der Waals surface area contributed by atoms with Crippen molar-refractivity contribution >= 4 is 5.96 Å². The van der Waals surface area contributed by atoms with Crippen molar-refractivity contribution in [2.45, 2.75) is 25.9 Å². The third-order valence-corrected chi connectivity index (χ3v) is 1.65. The van der Waals surface area contributed by atoms with Crippen molar-refractivity contribution in [3.8, 4) is 0 Å². The van der Waals surface area contributed by atoms with Crippen LogP contribution in [0.4, 0.5) is 0 Å². The van der Waals surface area contributed by atoms with E-state index in [1.54, 1.807) is 7.11 Å². The van der Waals surface area contributed by atoms with Gasteiger partial charge in [0.15, 0.2) is 5.96 Å². The van der Waals surface area contributed by atoms with E-state index in [9.17, 15) is 5.11 Å². The fourth-order valence-corrected chi connectivity index (χ4v) is 0.931. The van der Waals surface area contributed by atoms with Crippen molar-refractivity contribution in [1.82, 2.24) is 5.32 Å². The highest BCUT2D eigenvalue weighted by molar-refractivity contribution is 5.77. The SMILES string of the molecule is CCCN=C(N)NCCC(O)COC. The number of methoxy groups -OCH3 is 1. The second-order valence-electron chi connectivity index (χ2n) is 3.09. The van der Waals surface area contributed by atoms with Gasteiger partial charge in [0.2, 0.25) is 0 Å². The fourth-order valence-electron chi connectivity index (χ4n) is 0.931. The lowest BCUT2D eigenvalue weighted by atomic mass is 10.3. The summed E-state index contributed by atoms with van der Waals surface area (Å²) >= 11 is 0. The Morgan fingerprint density at radius 1 is 1.64 bits per heavy atom. The van der Waals surface area contributed by atoms with E-state index in [1.807, 2.05) is 6.92 Å². The molecule has 1 atom stereocenters. The Balaban J connectivity index is 3.43. The van der Waals surface area contributed by atoms with Crippen molar-refractivity contribution in [1.29, 1.82) is 0 Å². The highest BCUT2D eigenvalue weighted by Crippen LogP contribution is 1.89. The van der Waals surface area contributed by atoms with E-state index in [1.165, 1.54) is 0 Å². The summed E-state index contributed by atoms with van der Waals surface area (Å²) < 4.78 is 4.79. The second kappa shape index (κ2) is 8.77. The first-order valence-corrected chi connectivity index (χ1v) is 4.91. The summed E-state index contributed by atoms with van der Waals surface area (Å²) in [6.45, 7) is 3.75. The number of nitrogens with one attached hydrogen (secondary N) is 1. The standard InChI is InChI=1S/C9H21N3O2/c1-3-5-11-9(10)12-6-4-8(13)7-14-2/h8,13H,3-7H2,1-2H3,(H3,10,11,12). The first-order valence-electron chi connectivity index (χ1n) is 4.91. The Morgan fingerprint density at radius 2 is 2.36 bits per heavy atom. The van der Waals surface area contributed by atoms with Crippen LogP contribution >= 0.6 is 0 Å². The smallest absolute Gasteiger partial charge is 0.188 e. The number of hydrogen-bond donors (Lipinski definition) is 3. The number of hydrogen-bond acceptors (Lipinski definition) is 3. The van der Waals surface area contributed by atoms with Gasteiger partial charge < -0.3 is 20.9 Å². The minimum atomic E-state index is -0.438. The van der Waals surface area contributed by atoms with Gasteiger partial charge in [0.1, 0.15) is 0 Å². The molecule has 0 aromatic heterocycles. The first kappa shape index (κ1) is 13.2. The molecule has 0 bridgehead atoms. The molecule has 5 nitrogen and oxygen atoms in total. The third-order valence-electron chi connectivity index (χ3n) is 1.65. The lowest BCUT2D eigenvalue weighted by Crippen LogP contribution is -2.34. The molecule has 0 saturated carbocycles. The van der Waals surface area contributed by atoms with Gasteiger partial charge in [0.05, 0.1) is 12.7 Å². The minimum Gasteiger partial charge on any atom is -0.391 e. The second-order valence-corrected chi connectivity index (χ2v) is 3.09. The zero-order valence-corrected chi connectivity index (χ0v) is 8.99. The van der Waals surface area contributed by atoms with Crippen molar-refractivity contribution in [3.63, 3.8) is 0 Å². The lowest BCUT2D eigenvalue weighted by Gasteiger charge is -2.10. The Labute approximate surface area is 85.4 Å². The first-order chi connectivity index (χ1) is 6.70. The van der Waals surface area contributed by atoms with Gasteiger partial charge in [-0.2, -0.15) is 0 Å². The van der Waals surface area contributed by atoms with Crippen LogP contribution in [-0.2, 0) is 4.74 Å². The normalized spacial score (nSPS) is 14.1. The summed E-state index contributed by atoms with van der Waals surface area (Å²) in [4.78, 5) is 4.06. The van der Waals surface area contributed by atoms with Gasteiger partial charge >= 0.3 is 0 Å². The van der Waals surface area contributed by atoms with E-state index < -0.39 is 6.10 Å². The maximum Gasteiger partial charge on any atom is 0.188 e. The molecule has 0 heterocycles. The van der Waals surface area contributed by atoms with E-state index in [2.05, 4.69) is 10.3 Å². The van der Waals surface area contributed by atoms with E-state index >= 15 is 0 Å². The predicted octanol–water partition coefficient (Wildman–Crippen LogP) is -0.302. The minimum absolute atomic E-state index is 0.355. The van der Waals surface area contributed by atoms with Crippen molar-refractivity contribution in [3.05, 3.63) is 0 Å². The van der Waals surface area contributed by atoms with Crippen LogP contribution in [0.5, 0.6) is 0 Å². The van der Waals surface area contributed by atoms with Crippen molar-refractivity contribution in [2.24, 2.45) is 10.7 Å². The van der Waals surface area contributed by atoms with Gasteiger partial charge in [0.25, 0.3) is 0 Å². The maximum absolute atomic E-state index is 9.29. The lowest BCUT2D eigenvalue weighted by molar-refractivity contribution is 0.0602. The van der Waals surface area contributed by atoms with Crippen molar-refractivity contribution < 1.29 is 9.84 Å². The van der Waals surface area contributed by atoms with Crippen molar-refractivity contribution in [2.75, 3.05) is 26.8 Å². The van der Waals surface area contributed by atoms with Gasteiger partial charge in [-0.1, -0.05) is 6.92 Å². The van der Waals surface area contributed by atoms with Gasteiger partial charge in [0, 0.05) is 20.2 Å². The van der Waals surface area contributed by atoms with Crippen LogP contribution in [0.1, 0.15) is 19.8 Å². The average molecular weight is 203 g/mol. The number of nitrogens with zero attached hydrogens (tertiary/aromatic N) is 1. The van der Waals surface area contributed by atoms with Crippen LogP contribution in [0.2, 0.25) is 0 Å². The van der Waals surface area contributed by atoms with Crippen LogP contribution in [0.3, 0.4) is 0 Å². The molecular formula is C9H21N3O2. The largest absolute Gasteiger partial charge is 0.391 e. The molecule has 0 fully saturated rings. The Bertz CT molecular complexity index is 162. The van der Waals surface area contributed by atoms with Crippen LogP contribution in [0.15, 0.2) is 4.99 Å². The topological polar surface area (TPSA) is 79.9 Å². The Morgan fingerprint density at radius 3 is 2.93 bits per heavy atom. The van der Waals surface area contributed by atoms with Crippen LogP contribution < -0.4 is 11.1 Å². The monoisotopic (exact) mass is 203 g/mol. The molecule has 0 saturated heterocycles. The summed E-state index contributed by atoms with van der Waals surface area (Å²) in [5.74, 6) is 0.441. The van der Waals surface area contributed by atoms with Gasteiger partial charge in [-0.15, -0.1) is 0 Å². The fraction of sp³-hybridized carbons (Fsp3) is 0.889. The molecule has 5 heteroatoms. The molecule has 0 radical (unpaired) electrons. The number of ether oxygens (including phenoxy) is 1. The third kappa shape index (κ3) is 7.82. The van der Waals surface area contributed by atoms with Gasteiger partial charge in [-0.25, -0.2) is 0 Å². The zero-order valence-electron chi connectivity index (χ0n) is 8.99. The summed E-state index contributed by atoms with van der Waals surface area (Å²) in [6.07, 6.45) is 1.15. The quantitative estimate of drug-likeness (QED) is 0.392. The molecule has 4 N–H and O–H groups in total. The van der Waals surface area contributed by atoms with Gasteiger partial charge in [-0.05, 0) is 12.8 Å². The summed E-state index contributed by atoms with van der Waals surface area (Å²) in [6, 6.07) is 0.